The fourth-order valence-corrected chi connectivity index (χ4v) is 4.54. The third-order valence-corrected chi connectivity index (χ3v) is 6.33. The molecule has 0 bridgehead atoms. The van der Waals surface area contributed by atoms with Gasteiger partial charge in [0.05, 0.1) is 16.7 Å². The molecule has 1 saturated heterocycles. The van der Waals surface area contributed by atoms with Crippen molar-refractivity contribution >= 4 is 33.1 Å². The molecule has 5 nitrogen and oxygen atoms in total. The molecule has 2 aromatic heterocycles. The molecule has 9 heteroatoms. The number of nitrogens with zero attached hydrogens (tertiary/aromatic N) is 1. The van der Waals surface area contributed by atoms with E-state index in [-0.39, 0.29) is 10.9 Å². The summed E-state index contributed by atoms with van der Waals surface area (Å²) >= 11 is 0.940. The number of alkyl halides is 3. The highest BCUT2D eigenvalue weighted by Crippen LogP contribution is 2.35. The summed E-state index contributed by atoms with van der Waals surface area (Å²) in [7, 11) is 0. The molecule has 3 aromatic rings. The molecule has 1 amide bonds. The summed E-state index contributed by atoms with van der Waals surface area (Å²) in [4.78, 5) is 17.1. The number of ether oxygens (including phenoxy) is 2. The average Bonchev–Trinajstić information content (AvgIpc) is 3.35. The van der Waals surface area contributed by atoms with Crippen molar-refractivity contribution in [2.45, 2.75) is 39.0 Å². The molecule has 1 atom stereocenters. The normalized spacial score (nSPS) is 16.6. The number of pyridine rings is 1. The number of amides is 1. The Hall–Kier alpha value is -2.65. The van der Waals surface area contributed by atoms with Crippen molar-refractivity contribution < 1.29 is 27.4 Å². The Morgan fingerprint density at radius 1 is 1.29 bits per heavy atom. The Kier molecular flexibility index (Phi) is 5.90. The molecule has 1 aliphatic rings. The summed E-state index contributed by atoms with van der Waals surface area (Å²) < 4.78 is 50.4. The Morgan fingerprint density at radius 2 is 2.10 bits per heavy atom. The first-order chi connectivity index (χ1) is 14.7. The van der Waals surface area contributed by atoms with E-state index in [0.29, 0.717) is 33.9 Å². The predicted molar refractivity (Wildman–Crippen MR) is 113 cm³/mol. The maximum atomic E-state index is 13.0. The number of carbonyl (C=O) groups excluding carboxylic acids is 1. The van der Waals surface area contributed by atoms with Crippen LogP contribution in [0, 0.1) is 13.8 Å². The first kappa shape index (κ1) is 21.6. The fraction of sp³-hybridized carbons (Fsp3) is 0.364. The number of rotatable bonds is 5. The zero-order chi connectivity index (χ0) is 22.2. The molecule has 1 N–H and O–H groups in total. The van der Waals surface area contributed by atoms with E-state index < -0.39 is 17.8 Å². The van der Waals surface area contributed by atoms with Crippen molar-refractivity contribution in [1.29, 1.82) is 0 Å². The lowest BCUT2D eigenvalue weighted by Gasteiger charge is -2.16. The van der Waals surface area contributed by atoms with E-state index in [1.165, 1.54) is 6.07 Å². The maximum absolute atomic E-state index is 13.0. The molecule has 4 rings (SSSR count). The number of aromatic nitrogens is 1. The van der Waals surface area contributed by atoms with Crippen LogP contribution < -0.4 is 10.1 Å². The quantitative estimate of drug-likeness (QED) is 0.538. The number of anilines is 1. The third-order valence-electron chi connectivity index (χ3n) is 5.13. The van der Waals surface area contributed by atoms with E-state index >= 15 is 0 Å². The van der Waals surface area contributed by atoms with Crippen molar-refractivity contribution in [3.8, 4) is 5.75 Å². The molecular weight excluding hydrogens is 429 g/mol. The lowest BCUT2D eigenvalue weighted by molar-refractivity contribution is -0.140. The van der Waals surface area contributed by atoms with Gasteiger partial charge in [-0.1, -0.05) is 6.07 Å². The highest BCUT2D eigenvalue weighted by molar-refractivity contribution is 7.20. The molecular formula is C22H21F3N2O3S. The van der Waals surface area contributed by atoms with Gasteiger partial charge < -0.3 is 14.8 Å². The van der Waals surface area contributed by atoms with Gasteiger partial charge in [0.2, 0.25) is 0 Å². The van der Waals surface area contributed by atoms with Gasteiger partial charge in [0.1, 0.15) is 22.9 Å². The molecule has 3 heterocycles. The van der Waals surface area contributed by atoms with Crippen molar-refractivity contribution in [2.24, 2.45) is 0 Å². The maximum Gasteiger partial charge on any atom is 0.433 e. The van der Waals surface area contributed by atoms with Crippen molar-refractivity contribution in [3.63, 3.8) is 0 Å². The van der Waals surface area contributed by atoms with Crippen LogP contribution in [0.1, 0.15) is 39.3 Å². The van der Waals surface area contributed by atoms with Crippen LogP contribution in [0.3, 0.4) is 0 Å². The van der Waals surface area contributed by atoms with Crippen LogP contribution in [-0.4, -0.2) is 30.2 Å². The Balaban J connectivity index is 1.57. The molecule has 164 valence electrons. The number of aryl methyl sites for hydroxylation is 2. The standard InChI is InChI=1S/C22H21F3N2O3S/c1-12-5-7-16(17(10-12)30-11-14-4-3-9-29-14)26-20(28)19-13(2)15-6-8-18(22(23,24)25)27-21(15)31-19/h5-8,10,14H,3-4,9,11H2,1-2H3,(H,26,28). The van der Waals surface area contributed by atoms with Gasteiger partial charge in [0, 0.05) is 12.0 Å². The van der Waals surface area contributed by atoms with Gasteiger partial charge in [-0.3, -0.25) is 4.79 Å². The molecule has 0 saturated carbocycles. The van der Waals surface area contributed by atoms with Crippen LogP contribution in [0.2, 0.25) is 0 Å². The van der Waals surface area contributed by atoms with Crippen molar-refractivity contribution in [3.05, 3.63) is 52.0 Å². The van der Waals surface area contributed by atoms with E-state index in [9.17, 15) is 18.0 Å². The minimum Gasteiger partial charge on any atom is -0.489 e. The summed E-state index contributed by atoms with van der Waals surface area (Å²) in [6, 6.07) is 7.72. The molecule has 0 radical (unpaired) electrons. The summed E-state index contributed by atoms with van der Waals surface area (Å²) in [5.41, 5.74) is 1.08. The van der Waals surface area contributed by atoms with Crippen LogP contribution in [-0.2, 0) is 10.9 Å². The zero-order valence-electron chi connectivity index (χ0n) is 17.0. The van der Waals surface area contributed by atoms with Crippen molar-refractivity contribution in [2.75, 3.05) is 18.5 Å². The number of thiophene rings is 1. The van der Waals surface area contributed by atoms with E-state index in [4.69, 9.17) is 9.47 Å². The number of hydrogen-bond donors (Lipinski definition) is 1. The fourth-order valence-electron chi connectivity index (χ4n) is 3.46. The molecule has 0 aliphatic carbocycles. The number of benzene rings is 1. The topological polar surface area (TPSA) is 60.5 Å². The van der Waals surface area contributed by atoms with E-state index in [0.717, 1.165) is 42.4 Å². The predicted octanol–water partition coefficient (Wildman–Crippen LogP) is 5.74. The largest absolute Gasteiger partial charge is 0.489 e. The van der Waals surface area contributed by atoms with Gasteiger partial charge >= 0.3 is 6.18 Å². The van der Waals surface area contributed by atoms with Crippen LogP contribution >= 0.6 is 11.3 Å². The summed E-state index contributed by atoms with van der Waals surface area (Å²) in [6.07, 6.45) is -2.57. The summed E-state index contributed by atoms with van der Waals surface area (Å²) in [5.74, 6) is 0.111. The van der Waals surface area contributed by atoms with Crippen LogP contribution in [0.15, 0.2) is 30.3 Å². The van der Waals surface area contributed by atoms with Crippen LogP contribution in [0.25, 0.3) is 10.2 Å². The van der Waals surface area contributed by atoms with E-state index in [1.807, 2.05) is 19.1 Å². The van der Waals surface area contributed by atoms with Gasteiger partial charge in [-0.15, -0.1) is 11.3 Å². The number of halogens is 3. The van der Waals surface area contributed by atoms with Crippen LogP contribution in [0.4, 0.5) is 18.9 Å². The Morgan fingerprint density at radius 3 is 2.81 bits per heavy atom. The van der Waals surface area contributed by atoms with E-state index in [2.05, 4.69) is 10.3 Å². The lowest BCUT2D eigenvalue weighted by atomic mass is 10.1. The monoisotopic (exact) mass is 450 g/mol. The molecule has 1 fully saturated rings. The molecule has 31 heavy (non-hydrogen) atoms. The summed E-state index contributed by atoms with van der Waals surface area (Å²) in [6.45, 7) is 4.73. The minimum absolute atomic E-state index is 0.0304. The minimum atomic E-state index is -4.54. The van der Waals surface area contributed by atoms with Crippen LogP contribution in [0.5, 0.6) is 5.75 Å². The van der Waals surface area contributed by atoms with Gasteiger partial charge in [-0.05, 0) is 62.1 Å². The first-order valence-electron chi connectivity index (χ1n) is 9.86. The number of hydrogen-bond acceptors (Lipinski definition) is 5. The smallest absolute Gasteiger partial charge is 0.433 e. The second-order valence-corrected chi connectivity index (χ2v) is 8.50. The lowest BCUT2D eigenvalue weighted by Crippen LogP contribution is -2.18. The van der Waals surface area contributed by atoms with Gasteiger partial charge in [-0.25, -0.2) is 4.98 Å². The second-order valence-electron chi connectivity index (χ2n) is 7.50. The number of carbonyl (C=O) groups is 1. The number of fused-ring (bicyclic) bond motifs is 1. The molecule has 1 aromatic carbocycles. The summed E-state index contributed by atoms with van der Waals surface area (Å²) in [5, 5.41) is 3.36. The SMILES string of the molecule is Cc1ccc(NC(=O)c2sc3nc(C(F)(F)F)ccc3c2C)c(OCC2CCCO2)c1. The van der Waals surface area contributed by atoms with Crippen molar-refractivity contribution in [1.82, 2.24) is 4.98 Å². The second kappa shape index (κ2) is 8.47. The molecule has 1 aliphatic heterocycles. The Bertz CT molecular complexity index is 1120. The number of nitrogens with one attached hydrogen (secondary N) is 1. The first-order valence-corrected chi connectivity index (χ1v) is 10.7. The average molecular weight is 450 g/mol. The highest BCUT2D eigenvalue weighted by atomic mass is 32.1. The van der Waals surface area contributed by atoms with Gasteiger partial charge in [0.15, 0.2) is 0 Å². The molecule has 1 unspecified atom stereocenters. The van der Waals surface area contributed by atoms with Gasteiger partial charge in [0.25, 0.3) is 5.91 Å². The van der Waals surface area contributed by atoms with E-state index in [1.54, 1.807) is 13.0 Å². The molecule has 0 spiro atoms. The third kappa shape index (κ3) is 4.67. The highest BCUT2D eigenvalue weighted by Gasteiger charge is 2.33. The van der Waals surface area contributed by atoms with Gasteiger partial charge in [-0.2, -0.15) is 13.2 Å². The Labute approximate surface area is 181 Å². The zero-order valence-corrected chi connectivity index (χ0v) is 17.8.